The third kappa shape index (κ3) is 12.0. The van der Waals surface area contributed by atoms with E-state index in [0.29, 0.717) is 0 Å². The summed E-state index contributed by atoms with van der Waals surface area (Å²) in [5, 5.41) is 20.8. The highest BCUT2D eigenvalue weighted by Crippen LogP contribution is 2.54. The lowest BCUT2D eigenvalue weighted by Gasteiger charge is -2.22. The maximum Gasteiger partial charge on any atom is 0.235 e. The van der Waals surface area contributed by atoms with E-state index >= 15 is 0 Å². The smallest absolute Gasteiger partial charge is 0.235 e. The van der Waals surface area contributed by atoms with Crippen molar-refractivity contribution in [2.24, 2.45) is 0 Å². The van der Waals surface area contributed by atoms with Gasteiger partial charge in [0.2, 0.25) is 5.95 Å². The monoisotopic (exact) mass is 1820 g/mol. The molecule has 650 valence electrons. The van der Waals surface area contributed by atoms with E-state index in [2.05, 4.69) is 449 Å². The number of fused-ring (bicyclic) bond motifs is 30. The summed E-state index contributed by atoms with van der Waals surface area (Å²) in [6.07, 6.45) is 0. The van der Waals surface area contributed by atoms with Crippen molar-refractivity contribution in [2.45, 2.75) is 58.5 Å². The Morgan fingerprint density at radius 3 is 1.14 bits per heavy atom. The number of hydrogen-bond acceptors (Lipinski definition) is 8. The average Bonchev–Trinajstić information content (AvgIpc) is 1.54. The van der Waals surface area contributed by atoms with Crippen LogP contribution in [-0.2, 0) is 5.41 Å². The Kier molecular flexibility index (Phi) is 17.8. The third-order valence-electron chi connectivity index (χ3n) is 30.0. The number of furan rings is 1. The van der Waals surface area contributed by atoms with Gasteiger partial charge in [-0.3, -0.25) is 4.57 Å². The highest BCUT2D eigenvalue weighted by atomic mass is 32.1. The van der Waals surface area contributed by atoms with Gasteiger partial charge in [-0.2, -0.15) is 0 Å². The summed E-state index contributed by atoms with van der Waals surface area (Å²) in [6, 6.07) is 142. The molecule has 0 amide bonds. The summed E-state index contributed by atoms with van der Waals surface area (Å²) < 4.78 is 16.0. The van der Waals surface area contributed by atoms with Gasteiger partial charge in [0.25, 0.3) is 0 Å². The normalized spacial score (nSPS) is 14.1. The Balaban J connectivity index is 0.000000104. The van der Waals surface area contributed by atoms with Crippen LogP contribution in [0.3, 0.4) is 0 Å². The number of thiophene rings is 1. The van der Waals surface area contributed by atoms with Crippen LogP contribution in [0.4, 0.5) is 0 Å². The van der Waals surface area contributed by atoms with Crippen LogP contribution in [0.5, 0.6) is 0 Å². The second kappa shape index (κ2) is 30.3. The first-order valence-electron chi connectivity index (χ1n) is 47.3. The Morgan fingerprint density at radius 1 is 0.248 bits per heavy atom. The fraction of sp³-hybridized carbons (Fsp3) is 0.0732. The van der Waals surface area contributed by atoms with Gasteiger partial charge in [0.05, 0.1) is 67.3 Å². The van der Waals surface area contributed by atoms with Gasteiger partial charge in [0.1, 0.15) is 35.4 Å². The molecule has 0 atom stereocenters. The van der Waals surface area contributed by atoms with Gasteiger partial charge in [-0.1, -0.05) is 338 Å². The minimum absolute atomic E-state index is 0.0617. The lowest BCUT2D eigenvalue weighted by Crippen LogP contribution is -2.50. The van der Waals surface area contributed by atoms with E-state index in [4.69, 9.17) is 34.3 Å². The lowest BCUT2D eigenvalue weighted by molar-refractivity contribution is 0.661. The molecular weight excluding hydrogens is 1740 g/mol. The largest absolute Gasteiger partial charge is 0.456 e. The molecular formula is C123H89N9OSSi3. The van der Waals surface area contributed by atoms with E-state index in [0.717, 1.165) is 135 Å². The molecule has 29 rings (SSSR count). The standard InChI is InChI=1S/C42H29N3OSi.C42H29N3SSi.C39H31N3Si/c2*1-47(2)36-19-11-8-16-31(36)40-41(47)39(26-12-4-3-5-13-26)43-42(44-40)27-20-22-28(23-21-27)45-32-17-9-6-14-29(32)37-33(45)24-25-35-38(37)30-15-7-10-18-34(30)46-35;1-39(2)28-19-11-8-16-25(28)33-29(39)22-23-31-34(33)26-17-9-12-20-30(26)42(31)38-40-35(24-14-6-5-7-15-24)37-36(41-38)27-18-10-13-21-32(27)43(37,3)4/h2*3-25H,1-2H3;5-23H,1-4H3. The molecule has 10 nitrogen and oxygen atoms in total. The maximum absolute atomic E-state index is 6.28. The molecule has 0 unspecified atom stereocenters. The lowest BCUT2D eigenvalue weighted by atomic mass is 9.82. The molecule has 137 heavy (non-hydrogen) atoms. The summed E-state index contributed by atoms with van der Waals surface area (Å²) in [5.41, 5.74) is 32.1. The average molecular weight is 1830 g/mol. The maximum atomic E-state index is 6.28. The van der Waals surface area contributed by atoms with Gasteiger partial charge in [0.15, 0.2) is 11.6 Å². The molecule has 0 saturated heterocycles. The summed E-state index contributed by atoms with van der Waals surface area (Å²) in [6.45, 7) is 19.3. The minimum atomic E-state index is -2.03. The molecule has 4 aliphatic rings. The molecule has 0 fully saturated rings. The van der Waals surface area contributed by atoms with E-state index < -0.39 is 24.2 Å². The Hall–Kier alpha value is -15.9. The summed E-state index contributed by atoms with van der Waals surface area (Å²) in [5.74, 6) is 2.25. The topological polar surface area (TPSA) is 105 Å². The van der Waals surface area contributed by atoms with E-state index in [-0.39, 0.29) is 5.41 Å². The fourth-order valence-electron chi connectivity index (χ4n) is 23.7. The number of para-hydroxylation sites is 4. The van der Waals surface area contributed by atoms with Crippen LogP contribution in [0.1, 0.15) is 25.0 Å². The zero-order chi connectivity index (χ0) is 91.6. The summed E-state index contributed by atoms with van der Waals surface area (Å²) >= 11 is 1.87. The van der Waals surface area contributed by atoms with Crippen molar-refractivity contribution in [3.63, 3.8) is 0 Å². The quantitative estimate of drug-likeness (QED) is 0.140. The number of hydrogen-bond donors (Lipinski definition) is 0. The molecule has 0 saturated carbocycles. The summed E-state index contributed by atoms with van der Waals surface area (Å²) in [7, 11) is -6.01. The molecule has 3 aliphatic heterocycles. The van der Waals surface area contributed by atoms with Crippen LogP contribution in [0.25, 0.3) is 226 Å². The van der Waals surface area contributed by atoms with Gasteiger partial charge < -0.3 is 13.6 Å². The zero-order valence-electron chi connectivity index (χ0n) is 76.9. The highest BCUT2D eigenvalue weighted by molar-refractivity contribution is 7.26. The van der Waals surface area contributed by atoms with Gasteiger partial charge >= 0.3 is 0 Å². The van der Waals surface area contributed by atoms with Gasteiger partial charge in [-0.25, -0.2) is 29.9 Å². The second-order valence-corrected chi connectivity index (χ2v) is 53.0. The van der Waals surface area contributed by atoms with Crippen LogP contribution >= 0.6 is 11.3 Å². The molecule has 0 radical (unpaired) electrons. The van der Waals surface area contributed by atoms with Crippen molar-refractivity contribution < 1.29 is 4.42 Å². The molecule has 14 heteroatoms. The van der Waals surface area contributed by atoms with Crippen LogP contribution in [0.2, 0.25) is 39.3 Å². The highest BCUT2D eigenvalue weighted by Gasteiger charge is 2.46. The van der Waals surface area contributed by atoms with Crippen molar-refractivity contribution in [2.75, 3.05) is 0 Å². The van der Waals surface area contributed by atoms with E-state index in [9.17, 15) is 0 Å². The first-order valence-corrected chi connectivity index (χ1v) is 57.1. The van der Waals surface area contributed by atoms with Crippen LogP contribution in [0, 0.1) is 0 Å². The van der Waals surface area contributed by atoms with Crippen molar-refractivity contribution in [3.8, 4) is 119 Å². The predicted molar refractivity (Wildman–Crippen MR) is 581 cm³/mol. The number of benzene rings is 17. The zero-order valence-corrected chi connectivity index (χ0v) is 80.7. The molecule has 0 bridgehead atoms. The molecule has 17 aromatic carbocycles. The van der Waals surface area contributed by atoms with Crippen LogP contribution in [0.15, 0.2) is 399 Å². The van der Waals surface area contributed by atoms with Crippen LogP contribution < -0.4 is 31.1 Å². The summed E-state index contributed by atoms with van der Waals surface area (Å²) in [4.78, 5) is 32.2. The van der Waals surface area contributed by atoms with Gasteiger partial charge in [-0.15, -0.1) is 11.3 Å². The molecule has 25 aromatic rings. The Labute approximate surface area is 798 Å². The first-order chi connectivity index (χ1) is 67.0. The molecule has 1 aliphatic carbocycles. The molecule has 8 aromatic heterocycles. The Bertz CT molecular complexity index is 9040. The van der Waals surface area contributed by atoms with Crippen molar-refractivity contribution in [3.05, 3.63) is 405 Å². The van der Waals surface area contributed by atoms with E-state index in [1.165, 1.54) is 134 Å². The van der Waals surface area contributed by atoms with Crippen molar-refractivity contribution >= 4 is 174 Å². The fourth-order valence-corrected chi connectivity index (χ4v) is 34.5. The molecule has 0 N–H and O–H groups in total. The molecule has 11 heterocycles. The minimum Gasteiger partial charge on any atom is -0.456 e. The number of aromatic nitrogens is 9. The first kappa shape index (κ1) is 80.7. The van der Waals surface area contributed by atoms with Gasteiger partial charge in [0, 0.05) is 108 Å². The Morgan fingerprint density at radius 2 is 0.620 bits per heavy atom. The SMILES string of the molecule is CC1(C)c2ccccc2-c2c1ccc1c2c2ccccc2n1-c1nc(-c2ccccc2)c2c(n1)-c1ccccc1[Si]2(C)C.C[Si]1(C)c2ccccc2-c2nc(-c3ccc(-n4c5ccccc5c5c6c(ccc54)oc4ccccc46)cc3)nc(-c3ccccc3)c21.C[Si]1(C)c2ccccc2-c2nc(-c3ccc(-n4c5ccccc5c5c6c(ccc54)sc4ccccc46)cc3)nc(-c3ccccc3)c21. The molecule has 0 spiro atoms. The van der Waals surface area contributed by atoms with E-state index in [1.807, 2.05) is 23.5 Å². The van der Waals surface area contributed by atoms with Gasteiger partial charge in [-0.05, 0) is 179 Å². The third-order valence-corrected chi connectivity index (χ3v) is 41.7. The predicted octanol–water partition coefficient (Wildman–Crippen LogP) is 28.0. The second-order valence-electron chi connectivity index (χ2n) is 39.0. The van der Waals surface area contributed by atoms with Crippen molar-refractivity contribution in [1.82, 2.24) is 43.6 Å². The van der Waals surface area contributed by atoms with E-state index in [1.54, 1.807) is 0 Å². The van der Waals surface area contributed by atoms with Crippen molar-refractivity contribution in [1.29, 1.82) is 0 Å². The number of rotatable bonds is 8. The van der Waals surface area contributed by atoms with Crippen LogP contribution in [-0.4, -0.2) is 67.8 Å². The number of nitrogens with zero attached hydrogens (tertiary/aromatic N) is 9.